The number of esters is 1. The Bertz CT molecular complexity index is 724. The van der Waals surface area contributed by atoms with Gasteiger partial charge in [0.15, 0.2) is 0 Å². The van der Waals surface area contributed by atoms with Gasteiger partial charge in [0.1, 0.15) is 17.5 Å². The summed E-state index contributed by atoms with van der Waals surface area (Å²) in [6.45, 7) is 4.07. The van der Waals surface area contributed by atoms with Gasteiger partial charge in [-0.05, 0) is 30.9 Å². The van der Waals surface area contributed by atoms with E-state index in [1.54, 1.807) is 10.9 Å². The minimum absolute atomic E-state index is 0.128. The highest BCUT2D eigenvalue weighted by Gasteiger charge is 2.26. The van der Waals surface area contributed by atoms with Crippen LogP contribution < -0.4 is 0 Å². The molecule has 2 aromatic rings. The standard InChI is InChI=1S/C19H22N2O3/c1-13(2)18-17(12-20-21(18)14-6-4-3-5-7-14)19(23)24-16-10-8-15(22)9-11-16/h3-7,12-13,16H,8-11H2,1-2H3. The second kappa shape index (κ2) is 6.99. The Kier molecular flexibility index (Phi) is 4.79. The zero-order chi connectivity index (χ0) is 17.1. The van der Waals surface area contributed by atoms with E-state index in [4.69, 9.17) is 4.74 Å². The topological polar surface area (TPSA) is 61.2 Å². The molecule has 0 aliphatic heterocycles. The van der Waals surface area contributed by atoms with Crippen LogP contribution in [0.5, 0.6) is 0 Å². The molecular formula is C19H22N2O3. The fraction of sp³-hybridized carbons (Fsp3) is 0.421. The van der Waals surface area contributed by atoms with Crippen molar-refractivity contribution in [1.29, 1.82) is 0 Å². The molecule has 1 aliphatic carbocycles. The van der Waals surface area contributed by atoms with Crippen LogP contribution in [0.3, 0.4) is 0 Å². The lowest BCUT2D eigenvalue weighted by Gasteiger charge is -2.21. The van der Waals surface area contributed by atoms with Crippen LogP contribution >= 0.6 is 0 Å². The molecule has 5 heteroatoms. The Balaban J connectivity index is 1.84. The summed E-state index contributed by atoms with van der Waals surface area (Å²) < 4.78 is 7.42. The number of aromatic nitrogens is 2. The summed E-state index contributed by atoms with van der Waals surface area (Å²) in [7, 11) is 0. The monoisotopic (exact) mass is 326 g/mol. The molecule has 0 unspecified atom stereocenters. The third-order valence-corrected chi connectivity index (χ3v) is 4.34. The number of hydrogen-bond donors (Lipinski definition) is 0. The van der Waals surface area contributed by atoms with Crippen LogP contribution in [0.1, 0.15) is 61.5 Å². The molecule has 0 atom stereocenters. The summed E-state index contributed by atoms with van der Waals surface area (Å²) >= 11 is 0. The molecule has 0 amide bonds. The third kappa shape index (κ3) is 3.40. The second-order valence-corrected chi connectivity index (χ2v) is 6.49. The molecule has 1 aromatic carbocycles. The first kappa shape index (κ1) is 16.4. The molecule has 0 radical (unpaired) electrons. The first-order valence-electron chi connectivity index (χ1n) is 8.42. The SMILES string of the molecule is CC(C)c1c(C(=O)OC2CCC(=O)CC2)cnn1-c1ccccc1. The average Bonchev–Trinajstić information content (AvgIpc) is 3.03. The zero-order valence-corrected chi connectivity index (χ0v) is 14.1. The lowest BCUT2D eigenvalue weighted by atomic mass is 9.96. The summed E-state index contributed by atoms with van der Waals surface area (Å²) in [6.07, 6.45) is 3.65. The Labute approximate surface area is 141 Å². The van der Waals surface area contributed by atoms with Crippen LogP contribution in [0.4, 0.5) is 0 Å². The van der Waals surface area contributed by atoms with E-state index in [9.17, 15) is 9.59 Å². The van der Waals surface area contributed by atoms with E-state index in [-0.39, 0.29) is 23.8 Å². The van der Waals surface area contributed by atoms with Crippen molar-refractivity contribution in [3.05, 3.63) is 47.8 Å². The van der Waals surface area contributed by atoms with Crippen molar-refractivity contribution < 1.29 is 14.3 Å². The molecule has 126 valence electrons. The van der Waals surface area contributed by atoms with Crippen LogP contribution in [0.2, 0.25) is 0 Å². The second-order valence-electron chi connectivity index (χ2n) is 6.49. The van der Waals surface area contributed by atoms with Gasteiger partial charge in [-0.15, -0.1) is 0 Å². The molecule has 1 saturated carbocycles. The fourth-order valence-electron chi connectivity index (χ4n) is 3.09. The van der Waals surface area contributed by atoms with Crippen molar-refractivity contribution in [1.82, 2.24) is 9.78 Å². The molecular weight excluding hydrogens is 304 g/mol. The van der Waals surface area contributed by atoms with Crippen molar-refractivity contribution in [2.24, 2.45) is 0 Å². The van der Waals surface area contributed by atoms with Crippen LogP contribution in [0, 0.1) is 0 Å². The smallest absolute Gasteiger partial charge is 0.341 e. The molecule has 24 heavy (non-hydrogen) atoms. The Morgan fingerprint density at radius 2 is 1.88 bits per heavy atom. The Morgan fingerprint density at radius 1 is 1.21 bits per heavy atom. The van der Waals surface area contributed by atoms with E-state index in [1.165, 1.54) is 0 Å². The maximum Gasteiger partial charge on any atom is 0.341 e. The quantitative estimate of drug-likeness (QED) is 0.804. The van der Waals surface area contributed by atoms with Crippen LogP contribution in [0.15, 0.2) is 36.5 Å². The van der Waals surface area contributed by atoms with Gasteiger partial charge in [-0.25, -0.2) is 9.48 Å². The van der Waals surface area contributed by atoms with Gasteiger partial charge < -0.3 is 4.74 Å². The highest BCUT2D eigenvalue weighted by atomic mass is 16.5. The maximum atomic E-state index is 12.6. The zero-order valence-electron chi connectivity index (χ0n) is 14.1. The maximum absolute atomic E-state index is 12.6. The number of carbonyl (C=O) groups excluding carboxylic acids is 2. The molecule has 0 spiro atoms. The van der Waals surface area contributed by atoms with Gasteiger partial charge in [0.2, 0.25) is 0 Å². The molecule has 0 saturated heterocycles. The van der Waals surface area contributed by atoms with Crippen LogP contribution in [-0.4, -0.2) is 27.6 Å². The van der Waals surface area contributed by atoms with Crippen molar-refractivity contribution >= 4 is 11.8 Å². The lowest BCUT2D eigenvalue weighted by Crippen LogP contribution is -2.25. The highest BCUT2D eigenvalue weighted by molar-refractivity contribution is 5.91. The molecule has 1 aromatic heterocycles. The number of carbonyl (C=O) groups is 2. The van der Waals surface area contributed by atoms with Crippen molar-refractivity contribution in [2.75, 3.05) is 0 Å². The summed E-state index contributed by atoms with van der Waals surface area (Å²) in [5, 5.41) is 4.40. The van der Waals surface area contributed by atoms with E-state index in [2.05, 4.69) is 5.10 Å². The van der Waals surface area contributed by atoms with Crippen molar-refractivity contribution in [2.45, 2.75) is 51.6 Å². The molecule has 0 bridgehead atoms. The summed E-state index contributed by atoms with van der Waals surface area (Å²) in [6, 6.07) is 9.75. The van der Waals surface area contributed by atoms with Gasteiger partial charge in [0.25, 0.3) is 0 Å². The Morgan fingerprint density at radius 3 is 2.50 bits per heavy atom. The third-order valence-electron chi connectivity index (χ3n) is 4.34. The van der Waals surface area contributed by atoms with Crippen LogP contribution in [-0.2, 0) is 9.53 Å². The van der Waals surface area contributed by atoms with E-state index >= 15 is 0 Å². The number of ether oxygens (including phenoxy) is 1. The van der Waals surface area contributed by atoms with E-state index in [1.807, 2.05) is 44.2 Å². The van der Waals surface area contributed by atoms with Gasteiger partial charge in [-0.2, -0.15) is 5.10 Å². The average molecular weight is 326 g/mol. The lowest BCUT2D eigenvalue weighted by molar-refractivity contribution is -0.122. The summed E-state index contributed by atoms with van der Waals surface area (Å²) in [5.74, 6) is 0.0329. The Hall–Kier alpha value is -2.43. The predicted molar refractivity (Wildman–Crippen MR) is 90.3 cm³/mol. The summed E-state index contributed by atoms with van der Waals surface area (Å²) in [4.78, 5) is 23.9. The fourth-order valence-corrected chi connectivity index (χ4v) is 3.09. The number of hydrogen-bond acceptors (Lipinski definition) is 4. The first-order valence-corrected chi connectivity index (χ1v) is 8.42. The van der Waals surface area contributed by atoms with Gasteiger partial charge in [0.05, 0.1) is 17.6 Å². The number of rotatable bonds is 4. The van der Waals surface area contributed by atoms with Gasteiger partial charge in [-0.3, -0.25) is 4.79 Å². The highest BCUT2D eigenvalue weighted by Crippen LogP contribution is 2.25. The number of nitrogens with zero attached hydrogens (tertiary/aromatic N) is 2. The van der Waals surface area contributed by atoms with Crippen LogP contribution in [0.25, 0.3) is 5.69 Å². The van der Waals surface area contributed by atoms with Gasteiger partial charge in [0, 0.05) is 12.8 Å². The molecule has 1 heterocycles. The van der Waals surface area contributed by atoms with Crippen molar-refractivity contribution in [3.8, 4) is 5.69 Å². The van der Waals surface area contributed by atoms with E-state index < -0.39 is 0 Å². The van der Waals surface area contributed by atoms with E-state index in [0.717, 1.165) is 11.4 Å². The van der Waals surface area contributed by atoms with Gasteiger partial charge in [-0.1, -0.05) is 32.0 Å². The predicted octanol–water partition coefficient (Wildman–Crippen LogP) is 3.66. The molecule has 1 fully saturated rings. The number of Topliss-reactive ketones (excluding diaryl/α,β-unsaturated/α-hetero) is 1. The molecule has 3 rings (SSSR count). The number of benzene rings is 1. The molecule has 5 nitrogen and oxygen atoms in total. The van der Waals surface area contributed by atoms with E-state index in [0.29, 0.717) is 31.2 Å². The first-order chi connectivity index (χ1) is 11.6. The summed E-state index contributed by atoms with van der Waals surface area (Å²) in [5.41, 5.74) is 2.27. The largest absolute Gasteiger partial charge is 0.459 e. The minimum Gasteiger partial charge on any atom is -0.459 e. The van der Waals surface area contributed by atoms with Crippen molar-refractivity contribution in [3.63, 3.8) is 0 Å². The minimum atomic E-state index is -0.347. The molecule has 1 aliphatic rings. The number of ketones is 1. The number of para-hydroxylation sites is 1. The molecule has 0 N–H and O–H groups in total. The normalized spacial score (nSPS) is 15.7. The van der Waals surface area contributed by atoms with Gasteiger partial charge >= 0.3 is 5.97 Å².